The van der Waals surface area contributed by atoms with Crippen LogP contribution >= 0.6 is 0 Å². The van der Waals surface area contributed by atoms with Crippen molar-refractivity contribution in [3.63, 3.8) is 0 Å². The molecule has 1 heterocycles. The molecule has 3 heteroatoms. The number of hydrogen-bond donors (Lipinski definition) is 0. The third-order valence-corrected chi connectivity index (χ3v) is 4.14. The molecule has 1 aromatic heterocycles. The molecule has 0 aliphatic carbocycles. The van der Waals surface area contributed by atoms with E-state index in [9.17, 15) is 0 Å². The van der Waals surface area contributed by atoms with Crippen molar-refractivity contribution < 1.29 is 4.74 Å². The summed E-state index contributed by atoms with van der Waals surface area (Å²) in [7, 11) is 0. The number of unbranched alkanes of at least 4 members (excludes halogenated alkanes) is 2. The molecule has 0 aliphatic rings. The summed E-state index contributed by atoms with van der Waals surface area (Å²) < 4.78 is 5.79. The first-order chi connectivity index (χ1) is 11.2. The first-order valence-corrected chi connectivity index (χ1v) is 8.78. The summed E-state index contributed by atoms with van der Waals surface area (Å²) in [5, 5.41) is 8.69. The van der Waals surface area contributed by atoms with Crippen LogP contribution in [0.1, 0.15) is 52.1 Å². The highest BCUT2D eigenvalue weighted by atomic mass is 16.5. The fourth-order valence-electron chi connectivity index (χ4n) is 2.28. The van der Waals surface area contributed by atoms with Crippen molar-refractivity contribution in [3.05, 3.63) is 42.1 Å². The SMILES string of the molecule is CCCCCc1ccc(-c2ccc(OCC(C)CC)cc2)nn1. The quantitative estimate of drug-likeness (QED) is 0.589. The van der Waals surface area contributed by atoms with E-state index < -0.39 is 0 Å². The van der Waals surface area contributed by atoms with Gasteiger partial charge in [-0.2, -0.15) is 10.2 Å². The molecule has 1 aromatic carbocycles. The normalized spacial score (nSPS) is 12.1. The van der Waals surface area contributed by atoms with Crippen LogP contribution < -0.4 is 4.74 Å². The molecular weight excluding hydrogens is 284 g/mol. The van der Waals surface area contributed by atoms with Crippen LogP contribution in [0.4, 0.5) is 0 Å². The predicted octanol–water partition coefficient (Wildman–Crippen LogP) is 5.30. The lowest BCUT2D eigenvalue weighted by Crippen LogP contribution is -2.07. The van der Waals surface area contributed by atoms with Gasteiger partial charge in [-0.1, -0.05) is 40.0 Å². The third-order valence-electron chi connectivity index (χ3n) is 4.14. The molecule has 0 saturated heterocycles. The van der Waals surface area contributed by atoms with Crippen molar-refractivity contribution in [2.75, 3.05) is 6.61 Å². The molecule has 0 radical (unpaired) electrons. The van der Waals surface area contributed by atoms with Gasteiger partial charge in [0, 0.05) is 5.56 Å². The highest BCUT2D eigenvalue weighted by molar-refractivity contribution is 5.59. The maximum absolute atomic E-state index is 5.79. The van der Waals surface area contributed by atoms with E-state index in [0.717, 1.165) is 42.1 Å². The van der Waals surface area contributed by atoms with E-state index >= 15 is 0 Å². The second-order valence-corrected chi connectivity index (χ2v) is 6.22. The van der Waals surface area contributed by atoms with E-state index in [1.54, 1.807) is 0 Å². The van der Waals surface area contributed by atoms with Crippen LogP contribution in [-0.2, 0) is 6.42 Å². The van der Waals surface area contributed by atoms with Gasteiger partial charge in [0.05, 0.1) is 18.0 Å². The number of aromatic nitrogens is 2. The molecule has 1 atom stereocenters. The Bertz CT molecular complexity index is 563. The molecule has 2 rings (SSSR count). The zero-order valence-corrected chi connectivity index (χ0v) is 14.6. The molecule has 0 bridgehead atoms. The van der Waals surface area contributed by atoms with Crippen molar-refractivity contribution in [3.8, 4) is 17.0 Å². The Morgan fingerprint density at radius 3 is 2.35 bits per heavy atom. The van der Waals surface area contributed by atoms with E-state index in [0.29, 0.717) is 5.92 Å². The standard InChI is InChI=1S/C20H28N2O/c1-4-6-7-8-18-11-14-20(22-21-18)17-9-12-19(13-10-17)23-15-16(3)5-2/h9-14,16H,4-8,15H2,1-3H3. The minimum Gasteiger partial charge on any atom is -0.493 e. The van der Waals surface area contributed by atoms with Crippen molar-refractivity contribution in [1.82, 2.24) is 10.2 Å². The highest BCUT2D eigenvalue weighted by Crippen LogP contribution is 2.21. The van der Waals surface area contributed by atoms with Gasteiger partial charge in [0.2, 0.25) is 0 Å². The Labute approximate surface area is 140 Å². The monoisotopic (exact) mass is 312 g/mol. The topological polar surface area (TPSA) is 35.0 Å². The lowest BCUT2D eigenvalue weighted by atomic mass is 10.1. The maximum Gasteiger partial charge on any atom is 0.119 e. The predicted molar refractivity (Wildman–Crippen MR) is 95.6 cm³/mol. The van der Waals surface area contributed by atoms with Gasteiger partial charge < -0.3 is 4.74 Å². The summed E-state index contributed by atoms with van der Waals surface area (Å²) in [4.78, 5) is 0. The van der Waals surface area contributed by atoms with Crippen LogP contribution in [0.3, 0.4) is 0 Å². The second kappa shape index (κ2) is 9.29. The van der Waals surface area contributed by atoms with E-state index in [1.807, 2.05) is 24.3 Å². The molecule has 23 heavy (non-hydrogen) atoms. The van der Waals surface area contributed by atoms with Gasteiger partial charge in [-0.15, -0.1) is 0 Å². The Morgan fingerprint density at radius 2 is 1.74 bits per heavy atom. The van der Waals surface area contributed by atoms with Crippen LogP contribution in [0.15, 0.2) is 36.4 Å². The Hall–Kier alpha value is -1.90. The van der Waals surface area contributed by atoms with Crippen molar-refractivity contribution in [2.24, 2.45) is 5.92 Å². The summed E-state index contributed by atoms with van der Waals surface area (Å²) in [6.07, 6.45) is 5.83. The van der Waals surface area contributed by atoms with Crippen LogP contribution in [0.5, 0.6) is 5.75 Å². The number of rotatable bonds is 9. The Balaban J connectivity index is 1.93. The van der Waals surface area contributed by atoms with Gasteiger partial charge in [-0.3, -0.25) is 0 Å². The molecule has 0 spiro atoms. The molecule has 0 amide bonds. The molecule has 3 nitrogen and oxygen atoms in total. The largest absolute Gasteiger partial charge is 0.493 e. The number of benzene rings is 1. The number of ether oxygens (including phenoxy) is 1. The molecule has 0 fully saturated rings. The van der Waals surface area contributed by atoms with Gasteiger partial charge in [0.25, 0.3) is 0 Å². The smallest absolute Gasteiger partial charge is 0.119 e. The summed E-state index contributed by atoms with van der Waals surface area (Å²) in [5.41, 5.74) is 3.07. The number of aryl methyl sites for hydroxylation is 1. The Kier molecular flexibility index (Phi) is 7.05. The average molecular weight is 312 g/mol. The lowest BCUT2D eigenvalue weighted by molar-refractivity contribution is 0.256. The van der Waals surface area contributed by atoms with E-state index in [4.69, 9.17) is 4.74 Å². The van der Waals surface area contributed by atoms with Crippen LogP contribution in [0.25, 0.3) is 11.3 Å². The summed E-state index contributed by atoms with van der Waals surface area (Å²) >= 11 is 0. The highest BCUT2D eigenvalue weighted by Gasteiger charge is 2.04. The minimum absolute atomic E-state index is 0.584. The van der Waals surface area contributed by atoms with Crippen molar-refractivity contribution in [2.45, 2.75) is 52.9 Å². The second-order valence-electron chi connectivity index (χ2n) is 6.22. The molecular formula is C20H28N2O. The number of hydrogen-bond acceptors (Lipinski definition) is 3. The molecule has 0 N–H and O–H groups in total. The van der Waals surface area contributed by atoms with E-state index in [2.05, 4.69) is 43.1 Å². The molecule has 1 unspecified atom stereocenters. The van der Waals surface area contributed by atoms with Crippen molar-refractivity contribution >= 4 is 0 Å². The first-order valence-electron chi connectivity index (χ1n) is 8.78. The van der Waals surface area contributed by atoms with Gasteiger partial charge in [0.1, 0.15) is 5.75 Å². The molecule has 0 aliphatic heterocycles. The maximum atomic E-state index is 5.79. The van der Waals surface area contributed by atoms with E-state index in [1.165, 1.54) is 19.3 Å². The molecule has 124 valence electrons. The minimum atomic E-state index is 0.584. The average Bonchev–Trinajstić information content (AvgIpc) is 2.61. The first kappa shape index (κ1) is 17.5. The summed E-state index contributed by atoms with van der Waals surface area (Å²) in [5.74, 6) is 1.50. The van der Waals surface area contributed by atoms with E-state index in [-0.39, 0.29) is 0 Å². The fourth-order valence-corrected chi connectivity index (χ4v) is 2.28. The van der Waals surface area contributed by atoms with Crippen LogP contribution in [0, 0.1) is 5.92 Å². The van der Waals surface area contributed by atoms with Crippen LogP contribution in [0.2, 0.25) is 0 Å². The van der Waals surface area contributed by atoms with Gasteiger partial charge in [-0.25, -0.2) is 0 Å². The third kappa shape index (κ3) is 5.66. The lowest BCUT2D eigenvalue weighted by Gasteiger charge is -2.11. The Morgan fingerprint density at radius 1 is 0.957 bits per heavy atom. The van der Waals surface area contributed by atoms with Gasteiger partial charge >= 0.3 is 0 Å². The fraction of sp³-hybridized carbons (Fsp3) is 0.500. The van der Waals surface area contributed by atoms with Crippen LogP contribution in [-0.4, -0.2) is 16.8 Å². The summed E-state index contributed by atoms with van der Waals surface area (Å²) in [6.45, 7) is 7.36. The zero-order chi connectivity index (χ0) is 16.5. The molecule has 0 saturated carbocycles. The van der Waals surface area contributed by atoms with Crippen molar-refractivity contribution in [1.29, 1.82) is 0 Å². The zero-order valence-electron chi connectivity index (χ0n) is 14.6. The number of nitrogens with zero attached hydrogens (tertiary/aromatic N) is 2. The van der Waals surface area contributed by atoms with Gasteiger partial charge in [0.15, 0.2) is 0 Å². The molecule has 2 aromatic rings. The summed E-state index contributed by atoms with van der Waals surface area (Å²) in [6, 6.07) is 12.3. The van der Waals surface area contributed by atoms with Gasteiger partial charge in [-0.05, 0) is 55.2 Å².